The van der Waals surface area contributed by atoms with Crippen LogP contribution >= 0.6 is 0 Å². The molecule has 0 bridgehead atoms. The molecule has 1 N–H and O–H groups in total. The van der Waals surface area contributed by atoms with Crippen molar-refractivity contribution in [2.75, 3.05) is 0 Å². The second-order valence-electron chi connectivity index (χ2n) is 9.50. The second kappa shape index (κ2) is 7.45. The molecule has 1 aliphatic carbocycles. The maximum atomic E-state index is 12.9. The number of rotatable bonds is 7. The van der Waals surface area contributed by atoms with Gasteiger partial charge in [0.1, 0.15) is 11.1 Å². The summed E-state index contributed by atoms with van der Waals surface area (Å²) in [4.78, 5) is 25.7. The van der Waals surface area contributed by atoms with Gasteiger partial charge in [0, 0.05) is 5.92 Å². The van der Waals surface area contributed by atoms with E-state index in [4.69, 9.17) is 4.74 Å². The molecule has 0 aromatic rings. The molecule has 0 aromatic carbocycles. The molecule has 1 amide bonds. The van der Waals surface area contributed by atoms with E-state index in [1.165, 1.54) is 0 Å². The van der Waals surface area contributed by atoms with Crippen LogP contribution in [0.4, 0.5) is 0 Å². The number of hydrogen-bond acceptors (Lipinski definition) is 3. The molecule has 4 heteroatoms. The summed E-state index contributed by atoms with van der Waals surface area (Å²) in [6.45, 7) is 18.2. The van der Waals surface area contributed by atoms with Crippen LogP contribution in [0.1, 0.15) is 75.2 Å². The fourth-order valence-corrected chi connectivity index (χ4v) is 3.39. The molecule has 0 aromatic heterocycles. The van der Waals surface area contributed by atoms with Gasteiger partial charge in [-0.3, -0.25) is 4.79 Å². The van der Waals surface area contributed by atoms with Crippen molar-refractivity contribution in [1.29, 1.82) is 0 Å². The lowest BCUT2D eigenvalue weighted by atomic mass is 9.86. The summed E-state index contributed by atoms with van der Waals surface area (Å²) in [6, 6.07) is 0. The first-order valence-corrected chi connectivity index (χ1v) is 9.35. The third-order valence-electron chi connectivity index (χ3n) is 4.80. The molecule has 3 atom stereocenters. The van der Waals surface area contributed by atoms with Crippen LogP contribution in [-0.4, -0.2) is 23.0 Å². The van der Waals surface area contributed by atoms with E-state index < -0.39 is 11.1 Å². The Hall–Kier alpha value is -1.06. The molecule has 24 heavy (non-hydrogen) atoms. The van der Waals surface area contributed by atoms with E-state index in [9.17, 15) is 9.59 Å². The van der Waals surface area contributed by atoms with E-state index in [1.807, 2.05) is 20.8 Å². The van der Waals surface area contributed by atoms with Crippen LogP contribution in [0.25, 0.3) is 0 Å². The van der Waals surface area contributed by atoms with Gasteiger partial charge in [-0.15, -0.1) is 0 Å². The van der Waals surface area contributed by atoms with Crippen molar-refractivity contribution >= 4 is 11.9 Å². The zero-order valence-electron chi connectivity index (χ0n) is 17.0. The van der Waals surface area contributed by atoms with Crippen molar-refractivity contribution in [1.82, 2.24) is 5.32 Å². The number of nitrogens with one attached hydrogen (secondary N) is 1. The van der Waals surface area contributed by atoms with Crippen LogP contribution in [0, 0.1) is 29.6 Å². The lowest BCUT2D eigenvalue weighted by Gasteiger charge is -2.29. The monoisotopic (exact) mass is 339 g/mol. The molecule has 1 fully saturated rings. The van der Waals surface area contributed by atoms with Crippen LogP contribution in [-0.2, 0) is 14.3 Å². The van der Waals surface area contributed by atoms with Crippen molar-refractivity contribution in [2.24, 2.45) is 29.6 Å². The van der Waals surface area contributed by atoms with Crippen molar-refractivity contribution in [3.8, 4) is 0 Å². The SMILES string of the molecule is CC(C)CC(C(=O)NC1(C(=O)OC(C)(C)C)C[C@H]1C(C)C)C(C)C. The molecule has 0 heterocycles. The Bertz CT molecular complexity index is 462. The zero-order chi connectivity index (χ0) is 18.9. The number of amides is 1. The van der Waals surface area contributed by atoms with Crippen molar-refractivity contribution in [3.63, 3.8) is 0 Å². The summed E-state index contributed by atoms with van der Waals surface area (Å²) >= 11 is 0. The van der Waals surface area contributed by atoms with Crippen molar-refractivity contribution in [2.45, 2.75) is 86.3 Å². The van der Waals surface area contributed by atoms with Crippen LogP contribution in [0.3, 0.4) is 0 Å². The Morgan fingerprint density at radius 3 is 2.00 bits per heavy atom. The van der Waals surface area contributed by atoms with E-state index in [1.54, 1.807) is 0 Å². The van der Waals surface area contributed by atoms with E-state index in [0.29, 0.717) is 18.3 Å². The minimum absolute atomic E-state index is 0.00675. The van der Waals surface area contributed by atoms with Gasteiger partial charge in [0.25, 0.3) is 0 Å². The number of hydrogen-bond donors (Lipinski definition) is 1. The normalized spacial score (nSPS) is 25.1. The van der Waals surface area contributed by atoms with Crippen molar-refractivity contribution < 1.29 is 14.3 Å². The largest absolute Gasteiger partial charge is 0.458 e. The van der Waals surface area contributed by atoms with Gasteiger partial charge in [0.2, 0.25) is 5.91 Å². The lowest BCUT2D eigenvalue weighted by Crippen LogP contribution is -2.51. The number of carbonyl (C=O) groups excluding carboxylic acids is 2. The van der Waals surface area contributed by atoms with Gasteiger partial charge in [-0.05, 0) is 57.3 Å². The molecule has 140 valence electrons. The molecular formula is C20H37NO3. The predicted octanol–water partition coefficient (Wildman–Crippen LogP) is 4.18. The highest BCUT2D eigenvalue weighted by molar-refractivity contribution is 5.92. The first-order chi connectivity index (χ1) is 10.8. The first-order valence-electron chi connectivity index (χ1n) is 9.35. The van der Waals surface area contributed by atoms with Gasteiger partial charge in [-0.2, -0.15) is 0 Å². The van der Waals surface area contributed by atoms with E-state index in [-0.39, 0.29) is 29.6 Å². The standard InChI is InChI=1S/C20H37NO3/c1-12(2)10-15(13(3)4)17(22)21-20(11-16(20)14(5)6)18(23)24-19(7,8)9/h12-16H,10-11H2,1-9H3,(H,21,22)/t15?,16-,20?/m0/s1. The zero-order valence-corrected chi connectivity index (χ0v) is 17.0. The lowest BCUT2D eigenvalue weighted by molar-refractivity contribution is -0.161. The highest BCUT2D eigenvalue weighted by Crippen LogP contribution is 2.50. The predicted molar refractivity (Wildman–Crippen MR) is 97.4 cm³/mol. The average Bonchev–Trinajstić information content (AvgIpc) is 3.09. The quantitative estimate of drug-likeness (QED) is 0.708. The molecule has 0 aliphatic heterocycles. The second-order valence-corrected chi connectivity index (χ2v) is 9.50. The Labute approximate surface area is 148 Å². The van der Waals surface area contributed by atoms with Crippen LogP contribution in [0.2, 0.25) is 0 Å². The minimum atomic E-state index is -0.831. The highest BCUT2D eigenvalue weighted by atomic mass is 16.6. The summed E-state index contributed by atoms with van der Waals surface area (Å²) in [5.41, 5.74) is -1.38. The molecule has 0 radical (unpaired) electrons. The van der Waals surface area contributed by atoms with Gasteiger partial charge < -0.3 is 10.1 Å². The number of ether oxygens (including phenoxy) is 1. The van der Waals surface area contributed by atoms with Crippen LogP contribution in [0.5, 0.6) is 0 Å². The Morgan fingerprint density at radius 1 is 1.12 bits per heavy atom. The van der Waals surface area contributed by atoms with Gasteiger partial charge >= 0.3 is 5.97 Å². The van der Waals surface area contributed by atoms with Crippen molar-refractivity contribution in [3.05, 3.63) is 0 Å². The minimum Gasteiger partial charge on any atom is -0.458 e. The Morgan fingerprint density at radius 2 is 1.67 bits per heavy atom. The molecule has 1 rings (SSSR count). The first kappa shape index (κ1) is 21.0. The molecule has 2 unspecified atom stereocenters. The molecular weight excluding hydrogens is 302 g/mol. The summed E-state index contributed by atoms with van der Waals surface area (Å²) in [7, 11) is 0. The number of carbonyl (C=O) groups is 2. The van der Waals surface area contributed by atoms with Gasteiger partial charge in [0.15, 0.2) is 0 Å². The third-order valence-corrected chi connectivity index (χ3v) is 4.80. The van der Waals surface area contributed by atoms with Crippen LogP contribution in [0.15, 0.2) is 0 Å². The van der Waals surface area contributed by atoms with Crippen LogP contribution < -0.4 is 5.32 Å². The molecule has 1 aliphatic rings. The van der Waals surface area contributed by atoms with E-state index in [0.717, 1.165) is 6.42 Å². The number of esters is 1. The fraction of sp³-hybridized carbons (Fsp3) is 0.900. The topological polar surface area (TPSA) is 55.4 Å². The summed E-state index contributed by atoms with van der Waals surface area (Å²) in [5, 5.41) is 3.09. The van der Waals surface area contributed by atoms with Gasteiger partial charge in [-0.1, -0.05) is 41.5 Å². The Balaban J connectivity index is 2.95. The smallest absolute Gasteiger partial charge is 0.332 e. The Kier molecular flexibility index (Phi) is 6.51. The fourth-order valence-electron chi connectivity index (χ4n) is 3.39. The molecule has 1 saturated carbocycles. The van der Waals surface area contributed by atoms with E-state index in [2.05, 4.69) is 46.9 Å². The molecule has 0 saturated heterocycles. The third kappa shape index (κ3) is 5.22. The highest BCUT2D eigenvalue weighted by Gasteiger charge is 2.64. The summed E-state index contributed by atoms with van der Waals surface area (Å²) in [5.74, 6) is 0.822. The van der Waals surface area contributed by atoms with E-state index >= 15 is 0 Å². The summed E-state index contributed by atoms with van der Waals surface area (Å²) < 4.78 is 5.61. The molecule has 0 spiro atoms. The maximum Gasteiger partial charge on any atom is 0.332 e. The molecule has 4 nitrogen and oxygen atoms in total. The summed E-state index contributed by atoms with van der Waals surface area (Å²) in [6.07, 6.45) is 1.51. The average molecular weight is 340 g/mol. The van der Waals surface area contributed by atoms with Gasteiger partial charge in [0.05, 0.1) is 0 Å². The van der Waals surface area contributed by atoms with Gasteiger partial charge in [-0.25, -0.2) is 4.79 Å². The maximum absolute atomic E-state index is 12.9.